The fourth-order valence-corrected chi connectivity index (χ4v) is 2.18. The first-order chi connectivity index (χ1) is 10.5. The zero-order chi connectivity index (χ0) is 16.1. The van der Waals surface area contributed by atoms with Gasteiger partial charge in [-0.3, -0.25) is 0 Å². The maximum atomic E-state index is 12.1. The van der Waals surface area contributed by atoms with Crippen molar-refractivity contribution in [2.24, 2.45) is 0 Å². The van der Waals surface area contributed by atoms with E-state index in [1.54, 1.807) is 31.2 Å². The number of carbonyl (C=O) groups is 1. The van der Waals surface area contributed by atoms with Crippen LogP contribution in [0, 0.1) is 6.92 Å². The van der Waals surface area contributed by atoms with Gasteiger partial charge in [-0.1, -0.05) is 35.8 Å². The van der Waals surface area contributed by atoms with Gasteiger partial charge in [0, 0.05) is 5.02 Å². The van der Waals surface area contributed by atoms with Crippen LogP contribution in [0.5, 0.6) is 0 Å². The maximum absolute atomic E-state index is 12.1. The van der Waals surface area contributed by atoms with Gasteiger partial charge in [0.25, 0.3) is 0 Å². The molecule has 6 nitrogen and oxygen atoms in total. The maximum Gasteiger partial charge on any atom is 0.319 e. The van der Waals surface area contributed by atoms with Crippen LogP contribution in [0.15, 0.2) is 28.8 Å². The Morgan fingerprint density at radius 2 is 2.09 bits per heavy atom. The van der Waals surface area contributed by atoms with Crippen molar-refractivity contribution in [1.82, 2.24) is 10.5 Å². The molecule has 0 fully saturated rings. The number of anilines is 1. The van der Waals surface area contributed by atoms with Gasteiger partial charge < -0.3 is 20.3 Å². The number of aryl methyl sites for hydroxylation is 2. The molecule has 0 saturated carbocycles. The van der Waals surface area contributed by atoms with E-state index in [9.17, 15) is 9.90 Å². The lowest BCUT2D eigenvalue weighted by atomic mass is 10.1. The Hall–Kier alpha value is -2.05. The van der Waals surface area contributed by atoms with E-state index in [2.05, 4.69) is 15.8 Å². The van der Waals surface area contributed by atoms with E-state index in [4.69, 9.17) is 16.1 Å². The minimum Gasteiger partial charge on any atom is -0.394 e. The molecule has 118 valence electrons. The fraction of sp³-hybridized carbons (Fsp3) is 0.333. The van der Waals surface area contributed by atoms with Crippen LogP contribution in [-0.4, -0.2) is 22.9 Å². The van der Waals surface area contributed by atoms with E-state index < -0.39 is 12.1 Å². The van der Waals surface area contributed by atoms with E-state index >= 15 is 0 Å². The van der Waals surface area contributed by atoms with Crippen molar-refractivity contribution in [3.8, 4) is 0 Å². The first-order valence-corrected chi connectivity index (χ1v) is 7.32. The molecule has 1 heterocycles. The molecule has 0 spiro atoms. The van der Waals surface area contributed by atoms with Crippen molar-refractivity contribution in [1.29, 1.82) is 0 Å². The first-order valence-electron chi connectivity index (χ1n) is 6.94. The van der Waals surface area contributed by atoms with Crippen LogP contribution in [0.25, 0.3) is 0 Å². The summed E-state index contributed by atoms with van der Waals surface area (Å²) in [6.45, 7) is 3.42. The molecule has 0 radical (unpaired) electrons. The second kappa shape index (κ2) is 7.29. The topological polar surface area (TPSA) is 87.4 Å². The minimum atomic E-state index is -0.525. The number of aromatic nitrogens is 1. The van der Waals surface area contributed by atoms with Gasteiger partial charge in [-0.05, 0) is 31.0 Å². The number of hydrogen-bond acceptors (Lipinski definition) is 4. The van der Waals surface area contributed by atoms with E-state index in [-0.39, 0.29) is 6.61 Å². The fourth-order valence-electron chi connectivity index (χ4n) is 2.06. The van der Waals surface area contributed by atoms with Crippen LogP contribution >= 0.6 is 11.6 Å². The third kappa shape index (κ3) is 3.78. The number of amides is 2. The van der Waals surface area contributed by atoms with Gasteiger partial charge in [-0.25, -0.2) is 4.79 Å². The van der Waals surface area contributed by atoms with Gasteiger partial charge in [0.15, 0.2) is 5.76 Å². The van der Waals surface area contributed by atoms with Crippen LogP contribution in [0.3, 0.4) is 0 Å². The molecule has 0 aliphatic heterocycles. The first kappa shape index (κ1) is 16.3. The molecule has 2 amide bonds. The Labute approximate surface area is 133 Å². The second-order valence-corrected chi connectivity index (χ2v) is 5.24. The van der Waals surface area contributed by atoms with Gasteiger partial charge >= 0.3 is 6.03 Å². The van der Waals surface area contributed by atoms with E-state index in [0.29, 0.717) is 28.6 Å². The smallest absolute Gasteiger partial charge is 0.319 e. The summed E-state index contributed by atoms with van der Waals surface area (Å²) in [6.07, 6.45) is 0.646. The largest absolute Gasteiger partial charge is 0.394 e. The minimum absolute atomic E-state index is 0.224. The molecule has 7 heteroatoms. The zero-order valence-electron chi connectivity index (χ0n) is 12.4. The molecule has 1 aromatic carbocycles. The average Bonchev–Trinajstić information content (AvgIpc) is 2.86. The molecule has 3 N–H and O–H groups in total. The highest BCUT2D eigenvalue weighted by atomic mass is 35.5. The molecule has 1 aromatic heterocycles. The van der Waals surface area contributed by atoms with Gasteiger partial charge in [0.05, 0.1) is 12.6 Å². The Morgan fingerprint density at radius 3 is 2.68 bits per heavy atom. The highest BCUT2D eigenvalue weighted by molar-refractivity contribution is 6.30. The highest BCUT2D eigenvalue weighted by Crippen LogP contribution is 2.21. The van der Waals surface area contributed by atoms with Crippen LogP contribution in [0.2, 0.25) is 5.02 Å². The molecular formula is C15H18ClN3O3. The lowest BCUT2D eigenvalue weighted by molar-refractivity contribution is 0.225. The van der Waals surface area contributed by atoms with Crippen molar-refractivity contribution < 1.29 is 14.4 Å². The number of hydrogen-bond donors (Lipinski definition) is 3. The summed E-state index contributed by atoms with van der Waals surface area (Å²) in [5.41, 5.74) is 2.01. The predicted molar refractivity (Wildman–Crippen MR) is 84.1 cm³/mol. The molecule has 0 saturated heterocycles. The standard InChI is InChI=1S/C15H18ClN3O3/c1-3-12-14(9(2)22-19-12)18-15(21)17-13(8-20)10-4-6-11(16)7-5-10/h4-7,13,20H,3,8H2,1-2H3,(H2,17,18,21). The summed E-state index contributed by atoms with van der Waals surface area (Å²) in [7, 11) is 0. The van der Waals surface area contributed by atoms with Crippen molar-refractivity contribution in [2.75, 3.05) is 11.9 Å². The van der Waals surface area contributed by atoms with Crippen molar-refractivity contribution >= 4 is 23.3 Å². The summed E-state index contributed by atoms with van der Waals surface area (Å²) in [5.74, 6) is 0.541. The monoisotopic (exact) mass is 323 g/mol. The predicted octanol–water partition coefficient (Wildman–Crippen LogP) is 3.05. The summed E-state index contributed by atoms with van der Waals surface area (Å²) in [5, 5.41) is 19.4. The molecule has 2 aromatic rings. The molecule has 2 rings (SSSR count). The SMILES string of the molecule is CCc1noc(C)c1NC(=O)NC(CO)c1ccc(Cl)cc1. The van der Waals surface area contributed by atoms with Crippen LogP contribution in [-0.2, 0) is 6.42 Å². The van der Waals surface area contributed by atoms with Gasteiger partial charge in [0.1, 0.15) is 11.4 Å². The number of carbonyl (C=O) groups excluding carboxylic acids is 1. The average molecular weight is 324 g/mol. The van der Waals surface area contributed by atoms with Crippen molar-refractivity contribution in [2.45, 2.75) is 26.3 Å². The highest BCUT2D eigenvalue weighted by Gasteiger charge is 2.17. The number of benzene rings is 1. The zero-order valence-corrected chi connectivity index (χ0v) is 13.1. The van der Waals surface area contributed by atoms with Crippen LogP contribution in [0.1, 0.15) is 30.0 Å². The summed E-state index contributed by atoms with van der Waals surface area (Å²) in [4.78, 5) is 12.1. The Bertz CT molecular complexity index is 640. The normalized spacial score (nSPS) is 12.0. The lowest BCUT2D eigenvalue weighted by Crippen LogP contribution is -2.34. The van der Waals surface area contributed by atoms with Gasteiger partial charge in [-0.15, -0.1) is 0 Å². The van der Waals surface area contributed by atoms with Gasteiger partial charge in [0.2, 0.25) is 0 Å². The van der Waals surface area contributed by atoms with E-state index in [1.165, 1.54) is 0 Å². The summed E-state index contributed by atoms with van der Waals surface area (Å²) in [6, 6.07) is 5.96. The number of aliphatic hydroxyl groups is 1. The number of urea groups is 1. The molecular weight excluding hydrogens is 306 g/mol. The third-order valence-corrected chi connectivity index (χ3v) is 3.52. The van der Waals surface area contributed by atoms with Crippen molar-refractivity contribution in [3.63, 3.8) is 0 Å². The molecule has 22 heavy (non-hydrogen) atoms. The van der Waals surface area contributed by atoms with Crippen LogP contribution in [0.4, 0.5) is 10.5 Å². The molecule has 0 bridgehead atoms. The second-order valence-electron chi connectivity index (χ2n) is 4.80. The Balaban J connectivity index is 2.06. The van der Waals surface area contributed by atoms with Crippen LogP contribution < -0.4 is 10.6 Å². The molecule has 0 aliphatic carbocycles. The van der Waals surface area contributed by atoms with Gasteiger partial charge in [-0.2, -0.15) is 0 Å². The van der Waals surface area contributed by atoms with Crippen molar-refractivity contribution in [3.05, 3.63) is 46.3 Å². The molecule has 1 unspecified atom stereocenters. The van der Waals surface area contributed by atoms with E-state index in [1.807, 2.05) is 6.92 Å². The third-order valence-electron chi connectivity index (χ3n) is 3.27. The number of nitrogens with one attached hydrogen (secondary N) is 2. The molecule has 0 aliphatic rings. The summed E-state index contributed by atoms with van der Waals surface area (Å²) < 4.78 is 5.06. The number of halogens is 1. The number of aliphatic hydroxyl groups excluding tert-OH is 1. The summed E-state index contributed by atoms with van der Waals surface area (Å²) >= 11 is 5.83. The lowest BCUT2D eigenvalue weighted by Gasteiger charge is -2.17. The van der Waals surface area contributed by atoms with E-state index in [0.717, 1.165) is 5.56 Å². The number of nitrogens with zero attached hydrogens (tertiary/aromatic N) is 1. The number of rotatable bonds is 5. The Kier molecular flexibility index (Phi) is 5.41. The molecule has 1 atom stereocenters. The quantitative estimate of drug-likeness (QED) is 0.789. The Morgan fingerprint density at radius 1 is 1.41 bits per heavy atom.